The predicted octanol–water partition coefficient (Wildman–Crippen LogP) is 3.20. The minimum atomic E-state index is -0.734. The Balaban J connectivity index is 2.66. The fourth-order valence-corrected chi connectivity index (χ4v) is 2.37. The van der Waals surface area contributed by atoms with Crippen LogP contribution in [0.25, 0.3) is 0 Å². The molecule has 0 spiro atoms. The predicted molar refractivity (Wildman–Crippen MR) is 63.3 cm³/mol. The Morgan fingerprint density at radius 3 is 2.60 bits per heavy atom. The zero-order valence-corrected chi connectivity index (χ0v) is 10.0. The van der Waals surface area contributed by atoms with Crippen LogP contribution < -0.4 is 0 Å². The topological polar surface area (TPSA) is 37.3 Å². The van der Waals surface area contributed by atoms with Crippen LogP contribution in [0.5, 0.6) is 0 Å². The SMILES string of the molecule is Cc1cccc(SC(C)C(C)C(=O)O)c1. The van der Waals surface area contributed by atoms with E-state index in [0.717, 1.165) is 4.90 Å². The first-order valence-electron chi connectivity index (χ1n) is 4.97. The molecular weight excluding hydrogens is 208 g/mol. The van der Waals surface area contributed by atoms with Gasteiger partial charge in [-0.25, -0.2) is 0 Å². The average molecular weight is 224 g/mol. The summed E-state index contributed by atoms with van der Waals surface area (Å²) in [6.45, 7) is 5.73. The molecule has 82 valence electrons. The zero-order valence-electron chi connectivity index (χ0n) is 9.23. The number of aryl methyl sites for hydroxylation is 1. The lowest BCUT2D eigenvalue weighted by Gasteiger charge is -2.15. The summed E-state index contributed by atoms with van der Waals surface area (Å²) in [6, 6.07) is 8.13. The summed E-state index contributed by atoms with van der Waals surface area (Å²) < 4.78 is 0. The van der Waals surface area contributed by atoms with E-state index in [1.54, 1.807) is 18.7 Å². The van der Waals surface area contributed by atoms with Crippen molar-refractivity contribution in [3.63, 3.8) is 0 Å². The first-order valence-corrected chi connectivity index (χ1v) is 5.85. The lowest BCUT2D eigenvalue weighted by atomic mass is 10.1. The average Bonchev–Trinajstić information content (AvgIpc) is 2.16. The van der Waals surface area contributed by atoms with Crippen LogP contribution in [0.2, 0.25) is 0 Å². The van der Waals surface area contributed by atoms with E-state index >= 15 is 0 Å². The number of hydrogen-bond donors (Lipinski definition) is 1. The molecule has 0 fully saturated rings. The summed E-state index contributed by atoms with van der Waals surface area (Å²) in [5, 5.41) is 8.96. The monoisotopic (exact) mass is 224 g/mol. The van der Waals surface area contributed by atoms with E-state index < -0.39 is 5.97 Å². The maximum Gasteiger partial charge on any atom is 0.307 e. The third-order valence-corrected chi connectivity index (χ3v) is 3.71. The van der Waals surface area contributed by atoms with Crippen molar-refractivity contribution in [3.05, 3.63) is 29.8 Å². The Bertz CT molecular complexity index is 349. The number of thioether (sulfide) groups is 1. The molecule has 2 nitrogen and oxygen atoms in total. The minimum Gasteiger partial charge on any atom is -0.481 e. The lowest BCUT2D eigenvalue weighted by molar-refractivity contribution is -0.140. The normalized spacial score (nSPS) is 14.6. The Morgan fingerprint density at radius 1 is 1.40 bits per heavy atom. The van der Waals surface area contributed by atoms with E-state index in [-0.39, 0.29) is 11.2 Å². The van der Waals surface area contributed by atoms with Crippen LogP contribution in [0.15, 0.2) is 29.2 Å². The van der Waals surface area contributed by atoms with Crippen molar-refractivity contribution in [1.29, 1.82) is 0 Å². The first-order chi connectivity index (χ1) is 7.00. The number of rotatable bonds is 4. The standard InChI is InChI=1S/C12H16O2S/c1-8-5-4-6-11(7-8)15-10(3)9(2)12(13)14/h4-7,9-10H,1-3H3,(H,13,14). The highest BCUT2D eigenvalue weighted by Crippen LogP contribution is 2.28. The van der Waals surface area contributed by atoms with Crippen LogP contribution in [-0.2, 0) is 4.79 Å². The van der Waals surface area contributed by atoms with Crippen LogP contribution in [0.1, 0.15) is 19.4 Å². The minimum absolute atomic E-state index is 0.0873. The molecule has 0 aliphatic heterocycles. The highest BCUT2D eigenvalue weighted by Gasteiger charge is 2.19. The molecule has 0 aliphatic carbocycles. The van der Waals surface area contributed by atoms with Crippen molar-refractivity contribution in [2.24, 2.45) is 5.92 Å². The second kappa shape index (κ2) is 5.21. The number of benzene rings is 1. The lowest BCUT2D eigenvalue weighted by Crippen LogP contribution is -2.19. The van der Waals surface area contributed by atoms with Gasteiger partial charge in [-0.3, -0.25) is 4.79 Å². The van der Waals surface area contributed by atoms with Crippen molar-refractivity contribution in [2.45, 2.75) is 30.9 Å². The van der Waals surface area contributed by atoms with Crippen molar-refractivity contribution < 1.29 is 9.90 Å². The van der Waals surface area contributed by atoms with Gasteiger partial charge in [-0.1, -0.05) is 31.5 Å². The summed E-state index contributed by atoms with van der Waals surface area (Å²) >= 11 is 1.61. The first kappa shape index (κ1) is 12.1. The molecule has 2 unspecified atom stereocenters. The number of carboxylic acid groups (broad SMARTS) is 1. The molecule has 0 saturated heterocycles. The molecule has 1 aromatic carbocycles. The van der Waals surface area contributed by atoms with Gasteiger partial charge in [0.25, 0.3) is 0 Å². The Labute approximate surface area is 94.7 Å². The van der Waals surface area contributed by atoms with Crippen molar-refractivity contribution in [3.8, 4) is 0 Å². The number of carbonyl (C=O) groups is 1. The summed E-state index contributed by atoms with van der Waals surface area (Å²) in [5.74, 6) is -1.06. The summed E-state index contributed by atoms with van der Waals surface area (Å²) in [6.07, 6.45) is 0. The maximum absolute atomic E-state index is 10.8. The number of carboxylic acids is 1. The Hall–Kier alpha value is -0.960. The van der Waals surface area contributed by atoms with Gasteiger partial charge in [0.1, 0.15) is 0 Å². The molecule has 0 radical (unpaired) electrons. The summed E-state index contributed by atoms with van der Waals surface area (Å²) in [4.78, 5) is 11.9. The Morgan fingerprint density at radius 2 is 2.07 bits per heavy atom. The molecule has 0 aromatic heterocycles. The number of hydrogen-bond acceptors (Lipinski definition) is 2. The van der Waals surface area contributed by atoms with Crippen LogP contribution in [-0.4, -0.2) is 16.3 Å². The molecule has 15 heavy (non-hydrogen) atoms. The van der Waals surface area contributed by atoms with Crippen LogP contribution in [0.3, 0.4) is 0 Å². The van der Waals surface area contributed by atoms with Crippen LogP contribution in [0.4, 0.5) is 0 Å². The molecule has 3 heteroatoms. The molecule has 0 amide bonds. The third kappa shape index (κ3) is 3.59. The largest absolute Gasteiger partial charge is 0.481 e. The Kier molecular flexibility index (Phi) is 4.21. The molecule has 0 aliphatic rings. The molecule has 0 heterocycles. The fourth-order valence-electron chi connectivity index (χ4n) is 1.21. The molecular formula is C12H16O2S. The van der Waals surface area contributed by atoms with Crippen molar-refractivity contribution >= 4 is 17.7 Å². The van der Waals surface area contributed by atoms with Crippen molar-refractivity contribution in [2.75, 3.05) is 0 Å². The summed E-state index contributed by atoms with van der Waals surface area (Å²) in [5.41, 5.74) is 1.20. The van der Waals surface area contributed by atoms with Gasteiger partial charge in [0.15, 0.2) is 0 Å². The van der Waals surface area contributed by atoms with Crippen molar-refractivity contribution in [1.82, 2.24) is 0 Å². The number of aliphatic carboxylic acids is 1. The quantitative estimate of drug-likeness (QED) is 0.798. The van der Waals surface area contributed by atoms with Gasteiger partial charge in [0, 0.05) is 10.1 Å². The molecule has 2 atom stereocenters. The molecule has 0 bridgehead atoms. The van der Waals surface area contributed by atoms with E-state index in [2.05, 4.69) is 6.07 Å². The van der Waals surface area contributed by atoms with E-state index in [9.17, 15) is 4.79 Å². The molecule has 0 saturated carbocycles. The fraction of sp³-hybridized carbons (Fsp3) is 0.417. The van der Waals surface area contributed by atoms with Gasteiger partial charge in [0.2, 0.25) is 0 Å². The van der Waals surface area contributed by atoms with E-state index in [4.69, 9.17) is 5.11 Å². The second-order valence-corrected chi connectivity index (χ2v) is 5.22. The third-order valence-electron chi connectivity index (χ3n) is 2.41. The highest BCUT2D eigenvalue weighted by molar-refractivity contribution is 8.00. The van der Waals surface area contributed by atoms with E-state index in [1.807, 2.05) is 32.0 Å². The maximum atomic E-state index is 10.8. The summed E-state index contributed by atoms with van der Waals surface area (Å²) in [7, 11) is 0. The zero-order chi connectivity index (χ0) is 11.4. The smallest absolute Gasteiger partial charge is 0.307 e. The van der Waals surface area contributed by atoms with Crippen LogP contribution >= 0.6 is 11.8 Å². The molecule has 1 N–H and O–H groups in total. The second-order valence-electron chi connectivity index (χ2n) is 3.77. The van der Waals surface area contributed by atoms with Gasteiger partial charge >= 0.3 is 5.97 Å². The van der Waals surface area contributed by atoms with Gasteiger partial charge in [-0.2, -0.15) is 0 Å². The van der Waals surface area contributed by atoms with Gasteiger partial charge in [0.05, 0.1) is 5.92 Å². The molecule has 1 aromatic rings. The van der Waals surface area contributed by atoms with Gasteiger partial charge in [-0.05, 0) is 19.1 Å². The highest BCUT2D eigenvalue weighted by atomic mass is 32.2. The molecule has 1 rings (SSSR count). The van der Waals surface area contributed by atoms with Gasteiger partial charge in [-0.15, -0.1) is 11.8 Å². The van der Waals surface area contributed by atoms with E-state index in [1.165, 1.54) is 5.56 Å². The van der Waals surface area contributed by atoms with E-state index in [0.29, 0.717) is 0 Å². The van der Waals surface area contributed by atoms with Crippen LogP contribution in [0, 0.1) is 12.8 Å². The van der Waals surface area contributed by atoms with Gasteiger partial charge < -0.3 is 5.11 Å².